The Morgan fingerprint density at radius 3 is 2.79 bits per heavy atom. The molecule has 2 aromatic heterocycles. The van der Waals surface area contributed by atoms with Gasteiger partial charge in [0.15, 0.2) is 5.65 Å². The second-order valence-corrected chi connectivity index (χ2v) is 5.78. The number of rotatable bonds is 3. The zero-order valence-corrected chi connectivity index (χ0v) is 11.7. The van der Waals surface area contributed by atoms with E-state index in [2.05, 4.69) is 22.7 Å². The van der Waals surface area contributed by atoms with Gasteiger partial charge in [-0.2, -0.15) is 12.6 Å². The zero-order chi connectivity index (χ0) is 13.3. The Bertz CT molecular complexity index is 627. The van der Waals surface area contributed by atoms with Crippen LogP contribution in [0.25, 0.3) is 5.65 Å². The molecule has 0 aliphatic heterocycles. The molecule has 0 radical (unpaired) electrons. The predicted molar refractivity (Wildman–Crippen MR) is 76.6 cm³/mol. The monoisotopic (exact) mass is 278 g/mol. The summed E-state index contributed by atoms with van der Waals surface area (Å²) >= 11 is 4.51. The summed E-state index contributed by atoms with van der Waals surface area (Å²) in [5, 5.41) is 4.37. The van der Waals surface area contributed by atoms with Crippen molar-refractivity contribution in [1.82, 2.24) is 19.2 Å². The molecule has 2 aromatic rings. The van der Waals surface area contributed by atoms with Crippen molar-refractivity contribution in [2.45, 2.75) is 38.6 Å². The molecule has 0 spiro atoms. The van der Waals surface area contributed by atoms with Gasteiger partial charge in [0.1, 0.15) is 0 Å². The lowest BCUT2D eigenvalue weighted by atomic mass is 9.75. The lowest BCUT2D eigenvalue weighted by molar-refractivity contribution is 0.180. The quantitative estimate of drug-likeness (QED) is 0.871. The van der Waals surface area contributed by atoms with Gasteiger partial charge in [-0.1, -0.05) is 19.3 Å². The largest absolute Gasteiger partial charge is 0.350 e. The number of hydrogen-bond acceptors (Lipinski definition) is 4. The van der Waals surface area contributed by atoms with E-state index >= 15 is 0 Å². The van der Waals surface area contributed by atoms with E-state index in [1.807, 2.05) is 0 Å². The van der Waals surface area contributed by atoms with Gasteiger partial charge in [-0.3, -0.25) is 4.98 Å². The fourth-order valence-corrected chi connectivity index (χ4v) is 3.38. The van der Waals surface area contributed by atoms with Crippen molar-refractivity contribution in [2.24, 2.45) is 5.41 Å². The van der Waals surface area contributed by atoms with Crippen molar-refractivity contribution >= 4 is 18.3 Å². The van der Waals surface area contributed by atoms with Crippen molar-refractivity contribution in [2.75, 3.05) is 5.75 Å². The first-order valence-electron chi connectivity index (χ1n) is 6.74. The van der Waals surface area contributed by atoms with Crippen LogP contribution in [0.4, 0.5) is 0 Å². The summed E-state index contributed by atoms with van der Waals surface area (Å²) in [5.74, 6) is 0.811. The molecule has 1 aliphatic rings. The van der Waals surface area contributed by atoms with Gasteiger partial charge in [-0.25, -0.2) is 13.9 Å². The minimum Gasteiger partial charge on any atom is -0.259 e. The first-order valence-corrected chi connectivity index (χ1v) is 7.37. The summed E-state index contributed by atoms with van der Waals surface area (Å²) in [5.41, 5.74) is 0.651. The van der Waals surface area contributed by atoms with Crippen LogP contribution in [0.15, 0.2) is 23.4 Å². The third-order valence-corrected chi connectivity index (χ3v) is 4.79. The molecule has 2 heterocycles. The molecule has 1 saturated carbocycles. The van der Waals surface area contributed by atoms with E-state index in [4.69, 9.17) is 0 Å². The average molecular weight is 278 g/mol. The van der Waals surface area contributed by atoms with Crippen molar-refractivity contribution < 1.29 is 0 Å². The van der Waals surface area contributed by atoms with Crippen LogP contribution in [-0.2, 0) is 6.54 Å². The molecule has 1 fully saturated rings. The molecule has 102 valence electrons. The molecular weight excluding hydrogens is 260 g/mol. The Balaban J connectivity index is 1.96. The molecule has 1 aliphatic carbocycles. The molecule has 19 heavy (non-hydrogen) atoms. The van der Waals surface area contributed by atoms with Crippen LogP contribution in [0.1, 0.15) is 32.1 Å². The molecule has 0 amide bonds. The van der Waals surface area contributed by atoms with E-state index < -0.39 is 0 Å². The molecule has 6 heteroatoms. The van der Waals surface area contributed by atoms with Crippen LogP contribution >= 0.6 is 12.6 Å². The van der Waals surface area contributed by atoms with E-state index in [9.17, 15) is 4.79 Å². The maximum Gasteiger partial charge on any atom is 0.350 e. The van der Waals surface area contributed by atoms with Gasteiger partial charge in [0.05, 0.1) is 12.7 Å². The van der Waals surface area contributed by atoms with Gasteiger partial charge in [-0.05, 0) is 24.0 Å². The molecule has 0 saturated heterocycles. The van der Waals surface area contributed by atoms with E-state index in [0.29, 0.717) is 12.2 Å². The van der Waals surface area contributed by atoms with E-state index in [-0.39, 0.29) is 11.1 Å². The number of thiol groups is 1. The van der Waals surface area contributed by atoms with E-state index in [0.717, 1.165) is 18.6 Å². The van der Waals surface area contributed by atoms with Crippen LogP contribution in [0.2, 0.25) is 0 Å². The van der Waals surface area contributed by atoms with Gasteiger partial charge >= 0.3 is 5.69 Å². The van der Waals surface area contributed by atoms with Crippen molar-refractivity contribution in [3.63, 3.8) is 0 Å². The number of fused-ring (bicyclic) bond motifs is 1. The van der Waals surface area contributed by atoms with Gasteiger partial charge in [0.2, 0.25) is 0 Å². The van der Waals surface area contributed by atoms with Crippen LogP contribution in [0, 0.1) is 5.41 Å². The van der Waals surface area contributed by atoms with Crippen molar-refractivity contribution in [3.8, 4) is 0 Å². The Labute approximate surface area is 117 Å². The SMILES string of the molecule is O=c1n(CC2(CS)CCCCC2)nc2cnccn12. The van der Waals surface area contributed by atoms with Crippen LogP contribution in [0.3, 0.4) is 0 Å². The third kappa shape index (κ3) is 2.29. The Kier molecular flexibility index (Phi) is 3.35. The average Bonchev–Trinajstić information content (AvgIpc) is 2.77. The Morgan fingerprint density at radius 1 is 1.32 bits per heavy atom. The Hall–Kier alpha value is -1.30. The smallest absolute Gasteiger partial charge is 0.259 e. The van der Waals surface area contributed by atoms with Crippen molar-refractivity contribution in [1.29, 1.82) is 0 Å². The highest BCUT2D eigenvalue weighted by atomic mass is 32.1. The summed E-state index contributed by atoms with van der Waals surface area (Å²) in [6.07, 6.45) is 10.9. The molecular formula is C13H18N4OS. The number of hydrogen-bond donors (Lipinski definition) is 1. The molecule has 0 atom stereocenters. The summed E-state index contributed by atoms with van der Waals surface area (Å²) in [7, 11) is 0. The van der Waals surface area contributed by atoms with Gasteiger partial charge in [-0.15, -0.1) is 5.10 Å². The third-order valence-electron chi connectivity index (χ3n) is 4.12. The number of aromatic nitrogens is 4. The Morgan fingerprint density at radius 2 is 2.11 bits per heavy atom. The van der Waals surface area contributed by atoms with Gasteiger partial charge in [0, 0.05) is 12.4 Å². The highest BCUT2D eigenvalue weighted by molar-refractivity contribution is 7.80. The maximum atomic E-state index is 12.3. The molecule has 0 aromatic carbocycles. The maximum absolute atomic E-state index is 12.3. The van der Waals surface area contributed by atoms with Crippen LogP contribution < -0.4 is 5.69 Å². The fourth-order valence-electron chi connectivity index (χ4n) is 2.97. The molecule has 0 bridgehead atoms. The van der Waals surface area contributed by atoms with E-state index in [1.165, 1.54) is 19.3 Å². The fraction of sp³-hybridized carbons (Fsp3) is 0.615. The van der Waals surface area contributed by atoms with Gasteiger partial charge in [0.25, 0.3) is 0 Å². The molecule has 3 rings (SSSR count). The van der Waals surface area contributed by atoms with Gasteiger partial charge < -0.3 is 0 Å². The summed E-state index contributed by atoms with van der Waals surface area (Å²) < 4.78 is 3.13. The van der Waals surface area contributed by atoms with E-state index in [1.54, 1.807) is 27.7 Å². The highest BCUT2D eigenvalue weighted by Gasteiger charge is 2.32. The minimum absolute atomic E-state index is 0.0795. The van der Waals surface area contributed by atoms with Crippen LogP contribution in [-0.4, -0.2) is 24.9 Å². The molecule has 0 unspecified atom stereocenters. The lowest BCUT2D eigenvalue weighted by Crippen LogP contribution is -2.36. The molecule has 5 nitrogen and oxygen atoms in total. The topological polar surface area (TPSA) is 52.2 Å². The highest BCUT2D eigenvalue weighted by Crippen LogP contribution is 2.38. The first-order chi connectivity index (χ1) is 9.24. The summed E-state index contributed by atoms with van der Waals surface area (Å²) in [6, 6.07) is 0. The van der Waals surface area contributed by atoms with Crippen molar-refractivity contribution in [3.05, 3.63) is 29.1 Å². The van der Waals surface area contributed by atoms with Crippen LogP contribution in [0.5, 0.6) is 0 Å². The second kappa shape index (κ2) is 5.00. The predicted octanol–water partition coefficient (Wildman–Crippen LogP) is 1.77. The normalized spacial score (nSPS) is 18.8. The summed E-state index contributed by atoms with van der Waals surface area (Å²) in [4.78, 5) is 16.3. The minimum atomic E-state index is -0.0795. The summed E-state index contributed by atoms with van der Waals surface area (Å²) in [6.45, 7) is 0.664. The zero-order valence-electron chi connectivity index (χ0n) is 10.8. The first kappa shape index (κ1) is 12.7. The lowest BCUT2D eigenvalue weighted by Gasteiger charge is -2.35. The molecule has 0 N–H and O–H groups in total. The second-order valence-electron chi connectivity index (χ2n) is 5.46. The standard InChI is InChI=1S/C13H18N4OS/c18-12-16-7-6-14-8-11(16)15-17(12)9-13(10-19)4-2-1-3-5-13/h6-8,19H,1-5,9-10H2. The number of nitrogens with zero attached hydrogens (tertiary/aromatic N) is 4.